The summed E-state index contributed by atoms with van der Waals surface area (Å²) in [7, 11) is 0. The zero-order valence-corrected chi connectivity index (χ0v) is 15.8. The normalized spacial score (nSPS) is 13.0. The summed E-state index contributed by atoms with van der Waals surface area (Å²) in [5.74, 6) is -1.26. The first kappa shape index (κ1) is 19.2. The molecule has 0 bridgehead atoms. The van der Waals surface area contributed by atoms with Gasteiger partial charge in [-0.25, -0.2) is 4.79 Å². The van der Waals surface area contributed by atoms with E-state index in [1.54, 1.807) is 19.1 Å². The summed E-state index contributed by atoms with van der Waals surface area (Å²) in [6.45, 7) is 5.42. The zero-order valence-electron chi connectivity index (χ0n) is 15.8. The van der Waals surface area contributed by atoms with Gasteiger partial charge < -0.3 is 10.4 Å². The predicted molar refractivity (Wildman–Crippen MR) is 102 cm³/mol. The lowest BCUT2D eigenvalue weighted by molar-refractivity contribution is -0.142. The van der Waals surface area contributed by atoms with Crippen molar-refractivity contribution in [3.05, 3.63) is 65.2 Å². The van der Waals surface area contributed by atoms with Gasteiger partial charge in [-0.15, -0.1) is 10.2 Å². The smallest absolute Gasteiger partial charge is 0.330 e. The molecule has 0 radical (unpaired) electrons. The molecule has 1 aromatic heterocycles. The summed E-state index contributed by atoms with van der Waals surface area (Å²) in [4.78, 5) is 25.5. The highest BCUT2D eigenvalue weighted by Gasteiger charge is 2.27. The van der Waals surface area contributed by atoms with Gasteiger partial charge >= 0.3 is 5.97 Å². The Morgan fingerprint density at radius 2 is 1.79 bits per heavy atom. The van der Waals surface area contributed by atoms with Crippen LogP contribution in [0, 0.1) is 13.8 Å². The van der Waals surface area contributed by atoms with E-state index in [4.69, 9.17) is 0 Å². The number of carboxylic acids is 1. The van der Waals surface area contributed by atoms with E-state index in [1.807, 2.05) is 50.2 Å². The molecule has 0 aliphatic carbocycles. The van der Waals surface area contributed by atoms with Gasteiger partial charge in [-0.05, 0) is 42.7 Å². The van der Waals surface area contributed by atoms with E-state index in [2.05, 4.69) is 20.7 Å². The number of hydrogen-bond acceptors (Lipinski definition) is 5. The Morgan fingerprint density at radius 1 is 1.07 bits per heavy atom. The van der Waals surface area contributed by atoms with Gasteiger partial charge in [0.2, 0.25) is 11.7 Å². The molecule has 3 aromatic rings. The molecule has 0 saturated heterocycles. The fourth-order valence-corrected chi connectivity index (χ4v) is 2.69. The fourth-order valence-electron chi connectivity index (χ4n) is 2.69. The van der Waals surface area contributed by atoms with Crippen molar-refractivity contribution in [1.82, 2.24) is 25.5 Å². The Morgan fingerprint density at radius 3 is 2.43 bits per heavy atom. The molecule has 28 heavy (non-hydrogen) atoms. The van der Waals surface area contributed by atoms with E-state index in [-0.39, 0.29) is 0 Å². The third-order valence-electron chi connectivity index (χ3n) is 4.58. The molecule has 2 unspecified atom stereocenters. The second-order valence-electron chi connectivity index (χ2n) is 6.60. The van der Waals surface area contributed by atoms with Crippen molar-refractivity contribution in [2.24, 2.45) is 0 Å². The van der Waals surface area contributed by atoms with E-state index in [0.29, 0.717) is 11.4 Å². The Labute approximate surface area is 162 Å². The van der Waals surface area contributed by atoms with Gasteiger partial charge in [0.15, 0.2) is 6.04 Å². The van der Waals surface area contributed by atoms with Crippen LogP contribution in [0.25, 0.3) is 11.4 Å². The van der Waals surface area contributed by atoms with Crippen LogP contribution in [0.5, 0.6) is 0 Å². The molecule has 3 rings (SSSR count). The van der Waals surface area contributed by atoms with Gasteiger partial charge in [0, 0.05) is 5.56 Å². The van der Waals surface area contributed by atoms with Crippen LogP contribution in [0.4, 0.5) is 0 Å². The molecule has 8 nitrogen and oxygen atoms in total. The minimum Gasteiger partial charge on any atom is -0.479 e. The molecular formula is C20H21N5O3. The number of nitrogens with one attached hydrogen (secondary N) is 1. The van der Waals surface area contributed by atoms with Gasteiger partial charge in [0.25, 0.3) is 0 Å². The van der Waals surface area contributed by atoms with Gasteiger partial charge in [-0.2, -0.15) is 4.80 Å². The Balaban J connectivity index is 1.77. The number of tetrazole rings is 1. The Hall–Kier alpha value is -3.55. The van der Waals surface area contributed by atoms with Gasteiger partial charge in [-0.3, -0.25) is 4.79 Å². The molecule has 0 aliphatic rings. The summed E-state index contributed by atoms with van der Waals surface area (Å²) < 4.78 is 0. The predicted octanol–water partition coefficient (Wildman–Crippen LogP) is 2.46. The van der Waals surface area contributed by atoms with Crippen LogP contribution >= 0.6 is 0 Å². The quantitative estimate of drug-likeness (QED) is 0.681. The Kier molecular flexibility index (Phi) is 5.49. The largest absolute Gasteiger partial charge is 0.479 e. The second-order valence-corrected chi connectivity index (χ2v) is 6.60. The molecule has 144 valence electrons. The number of rotatable bonds is 6. The van der Waals surface area contributed by atoms with Crippen LogP contribution < -0.4 is 5.32 Å². The van der Waals surface area contributed by atoms with Crippen molar-refractivity contribution in [3.8, 4) is 11.4 Å². The minimum atomic E-state index is -1.16. The maximum atomic E-state index is 12.6. The number of hydrogen-bond donors (Lipinski definition) is 2. The number of carbonyl (C=O) groups is 2. The van der Waals surface area contributed by atoms with Crippen molar-refractivity contribution in [1.29, 1.82) is 0 Å². The zero-order chi connectivity index (χ0) is 20.3. The third-order valence-corrected chi connectivity index (χ3v) is 4.58. The molecule has 0 spiro atoms. The molecule has 2 aromatic carbocycles. The monoisotopic (exact) mass is 379 g/mol. The lowest BCUT2D eigenvalue weighted by atomic mass is 10.0. The topological polar surface area (TPSA) is 110 Å². The first-order valence-electron chi connectivity index (χ1n) is 8.82. The molecule has 2 atom stereocenters. The van der Waals surface area contributed by atoms with Crippen molar-refractivity contribution >= 4 is 11.9 Å². The summed E-state index contributed by atoms with van der Waals surface area (Å²) >= 11 is 0. The number of aryl methyl sites for hydroxylation is 2. The number of nitrogens with zero attached hydrogens (tertiary/aromatic N) is 4. The summed E-state index contributed by atoms with van der Waals surface area (Å²) in [6, 6.07) is 12.6. The standard InChI is InChI=1S/C20H21N5O3/c1-12-9-10-16(11-13(12)2)17(20(27)28)21-19(26)14(3)25-23-18(22-24-25)15-7-5-4-6-8-15/h4-11,14,17H,1-3H3,(H,21,26)(H,27,28). The highest BCUT2D eigenvalue weighted by Crippen LogP contribution is 2.19. The van der Waals surface area contributed by atoms with E-state index < -0.39 is 24.0 Å². The number of aliphatic carboxylic acids is 1. The van der Waals surface area contributed by atoms with Gasteiger partial charge in [0.1, 0.15) is 6.04 Å². The summed E-state index contributed by atoms with van der Waals surface area (Å²) in [5.41, 5.74) is 3.29. The first-order valence-corrected chi connectivity index (χ1v) is 8.82. The maximum absolute atomic E-state index is 12.6. The SMILES string of the molecule is Cc1ccc(C(NC(=O)C(C)n2nnc(-c3ccccc3)n2)C(=O)O)cc1C. The average Bonchev–Trinajstić information content (AvgIpc) is 3.18. The lowest BCUT2D eigenvalue weighted by Gasteiger charge is -2.18. The average molecular weight is 379 g/mol. The molecule has 0 fully saturated rings. The van der Waals surface area contributed by atoms with Crippen LogP contribution in [-0.4, -0.2) is 37.2 Å². The van der Waals surface area contributed by atoms with E-state index in [9.17, 15) is 14.7 Å². The van der Waals surface area contributed by atoms with Gasteiger partial charge in [-0.1, -0.05) is 48.5 Å². The molecule has 0 aliphatic heterocycles. The lowest BCUT2D eigenvalue weighted by Crippen LogP contribution is -2.38. The van der Waals surface area contributed by atoms with Crippen molar-refractivity contribution < 1.29 is 14.7 Å². The highest BCUT2D eigenvalue weighted by molar-refractivity contribution is 5.86. The second kappa shape index (κ2) is 7.99. The molecule has 1 heterocycles. The minimum absolute atomic E-state index is 0.393. The molecule has 2 N–H and O–H groups in total. The highest BCUT2D eigenvalue weighted by atomic mass is 16.4. The molecule has 0 saturated carbocycles. The van der Waals surface area contributed by atoms with Crippen LogP contribution in [0.15, 0.2) is 48.5 Å². The Bertz CT molecular complexity index is 1000. The van der Waals surface area contributed by atoms with Crippen LogP contribution in [-0.2, 0) is 9.59 Å². The van der Waals surface area contributed by atoms with Crippen molar-refractivity contribution in [2.45, 2.75) is 32.9 Å². The number of benzene rings is 2. The molecular weight excluding hydrogens is 358 g/mol. The van der Waals surface area contributed by atoms with E-state index in [1.165, 1.54) is 4.80 Å². The molecule has 8 heteroatoms. The van der Waals surface area contributed by atoms with Crippen LogP contribution in [0.1, 0.15) is 35.7 Å². The summed E-state index contributed by atoms with van der Waals surface area (Å²) in [6.07, 6.45) is 0. The van der Waals surface area contributed by atoms with Crippen molar-refractivity contribution in [2.75, 3.05) is 0 Å². The van der Waals surface area contributed by atoms with Crippen LogP contribution in [0.3, 0.4) is 0 Å². The third kappa shape index (κ3) is 4.06. The number of aromatic nitrogens is 4. The van der Waals surface area contributed by atoms with Crippen LogP contribution in [0.2, 0.25) is 0 Å². The number of amides is 1. The first-order chi connectivity index (χ1) is 13.4. The van der Waals surface area contributed by atoms with E-state index in [0.717, 1.165) is 16.7 Å². The fraction of sp³-hybridized carbons (Fsp3) is 0.250. The summed E-state index contributed by atoms with van der Waals surface area (Å²) in [5, 5.41) is 24.3. The number of carboxylic acid groups (broad SMARTS) is 1. The molecule has 1 amide bonds. The van der Waals surface area contributed by atoms with Gasteiger partial charge in [0.05, 0.1) is 0 Å². The number of carbonyl (C=O) groups excluding carboxylic acids is 1. The van der Waals surface area contributed by atoms with Crippen molar-refractivity contribution in [3.63, 3.8) is 0 Å². The van der Waals surface area contributed by atoms with E-state index >= 15 is 0 Å². The maximum Gasteiger partial charge on any atom is 0.330 e.